The fourth-order valence-corrected chi connectivity index (χ4v) is 2.25. The number of alkyl carbamates (subject to hydrolysis) is 1. The zero-order valence-corrected chi connectivity index (χ0v) is 12.8. The number of nitrogens with one attached hydrogen (secondary N) is 2. The number of anilines is 1. The quantitative estimate of drug-likeness (QED) is 0.792. The monoisotopic (exact) mass is 310 g/mol. The van der Waals surface area contributed by atoms with E-state index >= 15 is 0 Å². The van der Waals surface area contributed by atoms with E-state index in [-0.39, 0.29) is 18.4 Å². The zero-order chi connectivity index (χ0) is 16.1. The lowest BCUT2D eigenvalue weighted by atomic mass is 10.3. The van der Waals surface area contributed by atoms with Gasteiger partial charge in [0.25, 0.3) is 0 Å². The third-order valence-electron chi connectivity index (χ3n) is 3.40. The van der Waals surface area contributed by atoms with E-state index in [1.807, 2.05) is 14.1 Å². The van der Waals surface area contributed by atoms with Gasteiger partial charge in [0.05, 0.1) is 20.1 Å². The number of carbonyl (C=O) groups excluding carboxylic acids is 2. The van der Waals surface area contributed by atoms with Crippen LogP contribution < -0.4 is 15.1 Å². The van der Waals surface area contributed by atoms with Gasteiger partial charge in [-0.3, -0.25) is 4.79 Å². The lowest BCUT2D eigenvalue weighted by Gasteiger charge is -2.17. The fraction of sp³-hybridized carbons (Fsp3) is 0.467. The van der Waals surface area contributed by atoms with Crippen molar-refractivity contribution in [3.05, 3.63) is 30.1 Å². The number of ether oxygens (including phenoxy) is 1. The molecule has 0 aromatic heterocycles. The van der Waals surface area contributed by atoms with Crippen molar-refractivity contribution in [1.82, 2.24) is 5.32 Å². The van der Waals surface area contributed by atoms with Crippen molar-refractivity contribution in [3.63, 3.8) is 0 Å². The Morgan fingerprint density at radius 2 is 2.27 bits per heavy atom. The molecular formula is C15H21FN3O3+. The lowest BCUT2D eigenvalue weighted by Crippen LogP contribution is -3.06. The van der Waals surface area contributed by atoms with Gasteiger partial charge >= 0.3 is 6.09 Å². The number of nitrogens with zero attached hydrogens (tertiary/aromatic N) is 1. The molecule has 1 aliphatic heterocycles. The highest BCUT2D eigenvalue weighted by Crippen LogP contribution is 2.22. The zero-order valence-electron chi connectivity index (χ0n) is 12.8. The maximum atomic E-state index is 13.2. The van der Waals surface area contributed by atoms with Crippen molar-refractivity contribution in [2.24, 2.45) is 0 Å². The van der Waals surface area contributed by atoms with Gasteiger partial charge in [-0.05, 0) is 18.2 Å². The lowest BCUT2D eigenvalue weighted by molar-refractivity contribution is -0.858. The van der Waals surface area contributed by atoms with Crippen LogP contribution in [-0.4, -0.2) is 51.8 Å². The summed E-state index contributed by atoms with van der Waals surface area (Å²) in [6.07, 6.45) is -0.343. The van der Waals surface area contributed by atoms with Crippen LogP contribution in [0.5, 0.6) is 0 Å². The minimum absolute atomic E-state index is 0.145. The van der Waals surface area contributed by atoms with Crippen molar-refractivity contribution in [3.8, 4) is 0 Å². The van der Waals surface area contributed by atoms with Crippen LogP contribution >= 0.6 is 0 Å². The maximum absolute atomic E-state index is 13.2. The first-order valence-corrected chi connectivity index (χ1v) is 7.24. The number of rotatable bonds is 5. The van der Waals surface area contributed by atoms with Gasteiger partial charge in [-0.2, -0.15) is 0 Å². The number of hydrogen-bond donors (Lipinski definition) is 2. The molecule has 7 heteroatoms. The molecule has 0 aliphatic carbocycles. The Morgan fingerprint density at radius 3 is 2.95 bits per heavy atom. The first kappa shape index (κ1) is 16.2. The van der Waals surface area contributed by atoms with Gasteiger partial charge in [-0.25, -0.2) is 9.18 Å². The number of quaternary nitrogens is 1. The van der Waals surface area contributed by atoms with Gasteiger partial charge < -0.3 is 19.9 Å². The molecule has 6 nitrogen and oxygen atoms in total. The molecule has 0 radical (unpaired) electrons. The van der Waals surface area contributed by atoms with Crippen LogP contribution in [0.15, 0.2) is 24.3 Å². The smallest absolute Gasteiger partial charge is 0.407 e. The molecule has 1 aliphatic rings. The Hall–Kier alpha value is -2.15. The standard InChI is InChI=1S/C15H20FN3O3/c1-18(2)6-7-22-15(21)17-12-9-14(20)19(10-12)13-5-3-4-11(16)8-13/h3-5,8,12H,6-7,9-10H2,1-2H3,(H,17,21)/p+1/t12-/m1/s1. The third kappa shape index (κ3) is 4.42. The van der Waals surface area contributed by atoms with Crippen LogP contribution in [-0.2, 0) is 9.53 Å². The SMILES string of the molecule is C[NH+](C)CCOC(=O)N[C@@H]1CC(=O)N(c2cccc(F)c2)C1. The summed E-state index contributed by atoms with van der Waals surface area (Å²) in [5.74, 6) is -0.541. The molecule has 1 saturated heterocycles. The van der Waals surface area contributed by atoms with Crippen LogP contribution in [0.2, 0.25) is 0 Å². The Morgan fingerprint density at radius 1 is 1.50 bits per heavy atom. The predicted molar refractivity (Wildman–Crippen MR) is 79.3 cm³/mol. The highest BCUT2D eigenvalue weighted by molar-refractivity contribution is 5.96. The van der Waals surface area contributed by atoms with Gasteiger partial charge in [0.1, 0.15) is 19.0 Å². The van der Waals surface area contributed by atoms with E-state index in [1.165, 1.54) is 21.9 Å². The van der Waals surface area contributed by atoms with Crippen molar-refractivity contribution >= 4 is 17.7 Å². The molecule has 120 valence electrons. The van der Waals surface area contributed by atoms with E-state index in [9.17, 15) is 14.0 Å². The second-order valence-electron chi connectivity index (χ2n) is 5.62. The van der Waals surface area contributed by atoms with Gasteiger partial charge in [0.2, 0.25) is 5.91 Å². The van der Waals surface area contributed by atoms with Gasteiger partial charge in [0, 0.05) is 18.7 Å². The summed E-state index contributed by atoms with van der Waals surface area (Å²) in [6.45, 7) is 1.35. The third-order valence-corrected chi connectivity index (χ3v) is 3.40. The summed E-state index contributed by atoms with van der Waals surface area (Å²) in [5, 5.41) is 2.67. The summed E-state index contributed by atoms with van der Waals surface area (Å²) < 4.78 is 18.3. The molecule has 22 heavy (non-hydrogen) atoms. The normalized spacial score (nSPS) is 17.9. The van der Waals surface area contributed by atoms with E-state index in [2.05, 4.69) is 5.32 Å². The van der Waals surface area contributed by atoms with Crippen LogP contribution in [0.3, 0.4) is 0 Å². The number of hydrogen-bond acceptors (Lipinski definition) is 3. The van der Waals surface area contributed by atoms with E-state index in [1.54, 1.807) is 12.1 Å². The highest BCUT2D eigenvalue weighted by atomic mass is 19.1. The number of benzene rings is 1. The summed E-state index contributed by atoms with van der Waals surface area (Å²) in [4.78, 5) is 26.3. The highest BCUT2D eigenvalue weighted by Gasteiger charge is 2.32. The van der Waals surface area contributed by atoms with E-state index in [0.717, 1.165) is 0 Å². The molecule has 1 heterocycles. The average Bonchev–Trinajstić information content (AvgIpc) is 2.79. The topological polar surface area (TPSA) is 63.1 Å². The molecule has 2 rings (SSSR count). The molecule has 2 amide bonds. The molecule has 2 N–H and O–H groups in total. The van der Waals surface area contributed by atoms with Gasteiger partial charge in [-0.15, -0.1) is 0 Å². The Bertz CT molecular complexity index is 551. The Balaban J connectivity index is 1.86. The van der Waals surface area contributed by atoms with Crippen LogP contribution in [0.25, 0.3) is 0 Å². The molecule has 1 aromatic rings. The van der Waals surface area contributed by atoms with E-state index < -0.39 is 11.9 Å². The predicted octanol–water partition coefficient (Wildman–Crippen LogP) is -0.198. The molecule has 0 saturated carbocycles. The molecular weight excluding hydrogens is 289 g/mol. The largest absolute Gasteiger partial charge is 0.444 e. The Kier molecular flexibility index (Phi) is 5.32. The fourth-order valence-electron chi connectivity index (χ4n) is 2.25. The summed E-state index contributed by atoms with van der Waals surface area (Å²) in [7, 11) is 3.93. The summed E-state index contributed by atoms with van der Waals surface area (Å²) in [6, 6.07) is 5.52. The van der Waals surface area contributed by atoms with Crippen LogP contribution in [0.4, 0.5) is 14.9 Å². The second-order valence-corrected chi connectivity index (χ2v) is 5.62. The minimum atomic E-state index is -0.528. The van der Waals surface area contributed by atoms with Crippen molar-refractivity contribution in [2.75, 3.05) is 38.7 Å². The van der Waals surface area contributed by atoms with Crippen LogP contribution in [0.1, 0.15) is 6.42 Å². The minimum Gasteiger partial charge on any atom is -0.444 e. The van der Waals surface area contributed by atoms with E-state index in [4.69, 9.17) is 4.74 Å². The van der Waals surface area contributed by atoms with Crippen molar-refractivity contribution in [2.45, 2.75) is 12.5 Å². The number of carbonyl (C=O) groups is 2. The molecule has 0 unspecified atom stereocenters. The van der Waals surface area contributed by atoms with Crippen LogP contribution in [0, 0.1) is 5.82 Å². The summed E-state index contributed by atoms with van der Waals surface area (Å²) in [5.41, 5.74) is 0.499. The summed E-state index contributed by atoms with van der Waals surface area (Å²) >= 11 is 0. The van der Waals surface area contributed by atoms with E-state index in [0.29, 0.717) is 25.4 Å². The second kappa shape index (κ2) is 7.22. The van der Waals surface area contributed by atoms with Crippen molar-refractivity contribution in [1.29, 1.82) is 0 Å². The van der Waals surface area contributed by atoms with Crippen molar-refractivity contribution < 1.29 is 23.6 Å². The van der Waals surface area contributed by atoms with Gasteiger partial charge in [-0.1, -0.05) is 6.07 Å². The molecule has 1 aromatic carbocycles. The molecule has 1 atom stereocenters. The molecule has 1 fully saturated rings. The van der Waals surface area contributed by atoms with Gasteiger partial charge in [0.15, 0.2) is 0 Å². The number of amides is 2. The maximum Gasteiger partial charge on any atom is 0.407 e. The average molecular weight is 310 g/mol. The Labute approximate surface area is 128 Å². The first-order chi connectivity index (χ1) is 10.5. The molecule has 0 spiro atoms. The first-order valence-electron chi connectivity index (χ1n) is 7.24. The molecule has 0 bridgehead atoms. The number of halogens is 1. The number of likely N-dealkylation sites (N-methyl/N-ethyl adjacent to an activating group) is 1.